The number of hydrogen-bond donors (Lipinski definition) is 2. The third-order valence-electron chi connectivity index (χ3n) is 2.56. The van der Waals surface area contributed by atoms with E-state index in [9.17, 15) is 4.79 Å². The summed E-state index contributed by atoms with van der Waals surface area (Å²) in [6.45, 7) is 2.01. The Balaban J connectivity index is 2.06. The SMILES string of the molecule is CC(Nc1ccc(C(=O)O)cc1)c1ccoc1. The van der Waals surface area contributed by atoms with Gasteiger partial charge in [-0.25, -0.2) is 4.79 Å². The van der Waals surface area contributed by atoms with Crippen molar-refractivity contribution in [2.45, 2.75) is 13.0 Å². The lowest BCUT2D eigenvalue weighted by atomic mass is 10.1. The van der Waals surface area contributed by atoms with Crippen molar-refractivity contribution in [3.8, 4) is 0 Å². The highest BCUT2D eigenvalue weighted by molar-refractivity contribution is 5.88. The Morgan fingerprint density at radius 3 is 2.53 bits per heavy atom. The van der Waals surface area contributed by atoms with Gasteiger partial charge in [0.05, 0.1) is 24.1 Å². The lowest BCUT2D eigenvalue weighted by Crippen LogP contribution is -2.05. The Bertz CT molecular complexity index is 488. The van der Waals surface area contributed by atoms with Crippen molar-refractivity contribution in [3.63, 3.8) is 0 Å². The highest BCUT2D eigenvalue weighted by atomic mass is 16.4. The molecule has 0 aliphatic rings. The largest absolute Gasteiger partial charge is 0.478 e. The third-order valence-corrected chi connectivity index (χ3v) is 2.56. The van der Waals surface area contributed by atoms with E-state index in [2.05, 4.69) is 5.32 Å². The van der Waals surface area contributed by atoms with Crippen LogP contribution in [0.15, 0.2) is 47.3 Å². The Kier molecular flexibility index (Phi) is 3.14. The molecule has 0 amide bonds. The fraction of sp³-hybridized carbons (Fsp3) is 0.154. The van der Waals surface area contributed by atoms with E-state index in [1.165, 1.54) is 0 Å². The van der Waals surface area contributed by atoms with Crippen LogP contribution in [-0.2, 0) is 0 Å². The van der Waals surface area contributed by atoms with Crippen LogP contribution in [-0.4, -0.2) is 11.1 Å². The van der Waals surface area contributed by atoms with Gasteiger partial charge in [0.25, 0.3) is 0 Å². The summed E-state index contributed by atoms with van der Waals surface area (Å²) >= 11 is 0. The molecule has 1 unspecified atom stereocenters. The van der Waals surface area contributed by atoms with Crippen LogP contribution in [0.2, 0.25) is 0 Å². The van der Waals surface area contributed by atoms with Crippen molar-refractivity contribution < 1.29 is 14.3 Å². The number of carboxylic acid groups (broad SMARTS) is 1. The summed E-state index contributed by atoms with van der Waals surface area (Å²) in [6.07, 6.45) is 3.31. The fourth-order valence-electron chi connectivity index (χ4n) is 1.56. The average molecular weight is 231 g/mol. The molecule has 0 spiro atoms. The van der Waals surface area contributed by atoms with Crippen LogP contribution in [0.1, 0.15) is 28.9 Å². The van der Waals surface area contributed by atoms with E-state index >= 15 is 0 Å². The Labute approximate surface area is 98.9 Å². The van der Waals surface area contributed by atoms with Crippen LogP contribution in [0.3, 0.4) is 0 Å². The van der Waals surface area contributed by atoms with Gasteiger partial charge in [0.2, 0.25) is 0 Å². The molecular weight excluding hydrogens is 218 g/mol. The molecule has 4 nitrogen and oxygen atoms in total. The van der Waals surface area contributed by atoms with E-state index in [0.717, 1.165) is 11.3 Å². The van der Waals surface area contributed by atoms with Crippen LogP contribution < -0.4 is 5.32 Å². The second-order valence-corrected chi connectivity index (χ2v) is 3.81. The smallest absolute Gasteiger partial charge is 0.335 e. The van der Waals surface area contributed by atoms with Gasteiger partial charge in [-0.05, 0) is 37.3 Å². The molecular formula is C13H13NO3. The molecule has 0 saturated carbocycles. The third kappa shape index (κ3) is 2.66. The number of carbonyl (C=O) groups is 1. The second-order valence-electron chi connectivity index (χ2n) is 3.81. The summed E-state index contributed by atoms with van der Waals surface area (Å²) in [6, 6.07) is 8.66. The topological polar surface area (TPSA) is 62.5 Å². The summed E-state index contributed by atoms with van der Waals surface area (Å²) in [5, 5.41) is 12.0. The summed E-state index contributed by atoms with van der Waals surface area (Å²) in [5.74, 6) is -0.917. The number of rotatable bonds is 4. The van der Waals surface area contributed by atoms with E-state index in [0.29, 0.717) is 0 Å². The zero-order chi connectivity index (χ0) is 12.3. The lowest BCUT2D eigenvalue weighted by molar-refractivity contribution is 0.0697. The minimum absolute atomic E-state index is 0.115. The average Bonchev–Trinajstić information content (AvgIpc) is 2.83. The number of furan rings is 1. The number of benzene rings is 1. The molecule has 1 aromatic heterocycles. The van der Waals surface area contributed by atoms with Crippen molar-refractivity contribution in [1.82, 2.24) is 0 Å². The highest BCUT2D eigenvalue weighted by Gasteiger charge is 2.07. The number of aromatic carboxylic acids is 1. The minimum atomic E-state index is -0.917. The van der Waals surface area contributed by atoms with Crippen LogP contribution in [0, 0.1) is 0 Å². The van der Waals surface area contributed by atoms with E-state index in [1.807, 2.05) is 13.0 Å². The molecule has 1 atom stereocenters. The van der Waals surface area contributed by atoms with Crippen molar-refractivity contribution >= 4 is 11.7 Å². The predicted molar refractivity (Wildman–Crippen MR) is 64.1 cm³/mol. The molecule has 0 aliphatic carbocycles. The standard InChI is InChI=1S/C13H13NO3/c1-9(11-6-7-17-8-11)14-12-4-2-10(3-5-12)13(15)16/h2-9,14H,1H3,(H,15,16). The molecule has 17 heavy (non-hydrogen) atoms. The van der Waals surface area contributed by atoms with Gasteiger partial charge in [0.15, 0.2) is 0 Å². The molecule has 0 bridgehead atoms. The van der Waals surface area contributed by atoms with Gasteiger partial charge >= 0.3 is 5.97 Å². The zero-order valence-corrected chi connectivity index (χ0v) is 9.38. The lowest BCUT2D eigenvalue weighted by Gasteiger charge is -2.13. The van der Waals surface area contributed by atoms with Gasteiger partial charge in [-0.3, -0.25) is 0 Å². The minimum Gasteiger partial charge on any atom is -0.478 e. The summed E-state index contributed by atoms with van der Waals surface area (Å²) in [7, 11) is 0. The highest BCUT2D eigenvalue weighted by Crippen LogP contribution is 2.19. The number of nitrogens with one attached hydrogen (secondary N) is 1. The molecule has 88 valence electrons. The van der Waals surface area contributed by atoms with Gasteiger partial charge < -0.3 is 14.8 Å². The molecule has 0 fully saturated rings. The normalized spacial score (nSPS) is 12.1. The first-order valence-electron chi connectivity index (χ1n) is 5.29. The Morgan fingerprint density at radius 2 is 2.00 bits per heavy atom. The summed E-state index contributed by atoms with van der Waals surface area (Å²) in [4.78, 5) is 10.7. The first kappa shape index (κ1) is 11.3. The van der Waals surface area contributed by atoms with Crippen LogP contribution in [0.25, 0.3) is 0 Å². The van der Waals surface area contributed by atoms with Gasteiger partial charge in [0.1, 0.15) is 0 Å². The molecule has 0 aliphatic heterocycles. The van der Waals surface area contributed by atoms with Gasteiger partial charge in [-0.1, -0.05) is 0 Å². The zero-order valence-electron chi connectivity index (χ0n) is 9.38. The second kappa shape index (κ2) is 4.74. The van der Waals surface area contributed by atoms with Crippen LogP contribution >= 0.6 is 0 Å². The monoisotopic (exact) mass is 231 g/mol. The molecule has 1 heterocycles. The van der Waals surface area contributed by atoms with Gasteiger partial charge in [-0.15, -0.1) is 0 Å². The maximum atomic E-state index is 10.7. The number of anilines is 1. The first-order valence-corrected chi connectivity index (χ1v) is 5.29. The maximum absolute atomic E-state index is 10.7. The summed E-state index contributed by atoms with van der Waals surface area (Å²) in [5.41, 5.74) is 2.21. The Morgan fingerprint density at radius 1 is 1.29 bits per heavy atom. The Hall–Kier alpha value is -2.23. The van der Waals surface area contributed by atoms with Crippen molar-refractivity contribution in [3.05, 3.63) is 54.0 Å². The van der Waals surface area contributed by atoms with E-state index in [-0.39, 0.29) is 11.6 Å². The number of carboxylic acids is 1. The molecule has 2 rings (SSSR count). The summed E-state index contributed by atoms with van der Waals surface area (Å²) < 4.78 is 5.01. The first-order chi connectivity index (χ1) is 8.16. The fourth-order valence-corrected chi connectivity index (χ4v) is 1.56. The van der Waals surface area contributed by atoms with E-state index in [1.54, 1.807) is 36.8 Å². The number of hydrogen-bond acceptors (Lipinski definition) is 3. The molecule has 1 aromatic carbocycles. The van der Waals surface area contributed by atoms with Gasteiger partial charge in [0, 0.05) is 11.3 Å². The van der Waals surface area contributed by atoms with Gasteiger partial charge in [-0.2, -0.15) is 0 Å². The quantitative estimate of drug-likeness (QED) is 0.848. The molecule has 2 aromatic rings. The molecule has 4 heteroatoms. The maximum Gasteiger partial charge on any atom is 0.335 e. The molecule has 0 radical (unpaired) electrons. The van der Waals surface area contributed by atoms with Crippen molar-refractivity contribution in [2.75, 3.05) is 5.32 Å². The van der Waals surface area contributed by atoms with Crippen LogP contribution in [0.5, 0.6) is 0 Å². The van der Waals surface area contributed by atoms with E-state index in [4.69, 9.17) is 9.52 Å². The van der Waals surface area contributed by atoms with Crippen molar-refractivity contribution in [1.29, 1.82) is 0 Å². The van der Waals surface area contributed by atoms with E-state index < -0.39 is 5.97 Å². The predicted octanol–water partition coefficient (Wildman–Crippen LogP) is 3.15. The molecule has 0 saturated heterocycles. The van der Waals surface area contributed by atoms with Crippen molar-refractivity contribution in [2.24, 2.45) is 0 Å². The molecule has 2 N–H and O–H groups in total. The van der Waals surface area contributed by atoms with Crippen LogP contribution in [0.4, 0.5) is 5.69 Å².